The molecular formula is C20H17ClN2O5. The van der Waals surface area contributed by atoms with E-state index >= 15 is 0 Å². The average molecular weight is 401 g/mol. The average Bonchev–Trinajstić information content (AvgIpc) is 3.06. The largest absolute Gasteiger partial charge is 0.486 e. The minimum atomic E-state index is -0.762. The molecule has 3 aromatic rings. The fourth-order valence-electron chi connectivity index (χ4n) is 2.86. The van der Waals surface area contributed by atoms with Gasteiger partial charge in [0.05, 0.1) is 0 Å². The van der Waals surface area contributed by atoms with Crippen LogP contribution in [0.2, 0.25) is 0 Å². The quantitative estimate of drug-likeness (QED) is 0.645. The molecule has 2 heterocycles. The van der Waals surface area contributed by atoms with E-state index in [9.17, 15) is 9.59 Å². The molecule has 0 unspecified atom stereocenters. The summed E-state index contributed by atoms with van der Waals surface area (Å²) < 4.78 is 16.7. The van der Waals surface area contributed by atoms with Crippen molar-refractivity contribution >= 4 is 45.8 Å². The van der Waals surface area contributed by atoms with Crippen molar-refractivity contribution in [2.24, 2.45) is 0 Å². The molecule has 2 aromatic carbocycles. The van der Waals surface area contributed by atoms with Crippen molar-refractivity contribution in [1.29, 1.82) is 0 Å². The number of alkyl halides is 1. The minimum absolute atomic E-state index is 0.0123. The molecule has 0 saturated carbocycles. The van der Waals surface area contributed by atoms with Crippen LogP contribution in [0.1, 0.15) is 17.5 Å². The van der Waals surface area contributed by atoms with E-state index in [0.29, 0.717) is 41.4 Å². The number of hydrogen-bond acceptors (Lipinski definition) is 5. The highest BCUT2D eigenvalue weighted by molar-refractivity contribution is 6.33. The number of rotatable bonds is 4. The van der Waals surface area contributed by atoms with Gasteiger partial charge in [-0.2, -0.15) is 0 Å². The predicted molar refractivity (Wildman–Crippen MR) is 106 cm³/mol. The normalized spacial score (nSPS) is 13.8. The monoisotopic (exact) mass is 400 g/mol. The third-order valence-electron chi connectivity index (χ3n) is 4.21. The molecule has 1 atom stereocenters. The van der Waals surface area contributed by atoms with Crippen LogP contribution in [-0.4, -0.2) is 30.4 Å². The van der Waals surface area contributed by atoms with Gasteiger partial charge in [-0.15, -0.1) is 11.6 Å². The third-order valence-corrected chi connectivity index (χ3v) is 4.41. The summed E-state index contributed by atoms with van der Waals surface area (Å²) in [5, 5.41) is 5.29. The van der Waals surface area contributed by atoms with E-state index in [0.717, 1.165) is 0 Å². The summed E-state index contributed by atoms with van der Waals surface area (Å²) in [6, 6.07) is 12.1. The molecular weight excluding hydrogens is 384 g/mol. The predicted octanol–water partition coefficient (Wildman–Crippen LogP) is 4.02. The van der Waals surface area contributed by atoms with Gasteiger partial charge < -0.3 is 24.5 Å². The first-order valence-electron chi connectivity index (χ1n) is 8.70. The van der Waals surface area contributed by atoms with Crippen molar-refractivity contribution in [3.63, 3.8) is 0 Å². The van der Waals surface area contributed by atoms with Crippen molar-refractivity contribution in [2.45, 2.75) is 12.3 Å². The molecule has 0 saturated heterocycles. The van der Waals surface area contributed by atoms with Gasteiger partial charge in [-0.05, 0) is 31.2 Å². The van der Waals surface area contributed by atoms with Crippen LogP contribution >= 0.6 is 11.6 Å². The highest BCUT2D eigenvalue weighted by Crippen LogP contribution is 2.34. The first kappa shape index (κ1) is 18.2. The number of anilines is 2. The van der Waals surface area contributed by atoms with E-state index in [1.165, 1.54) is 0 Å². The Morgan fingerprint density at radius 2 is 1.79 bits per heavy atom. The van der Waals surface area contributed by atoms with Gasteiger partial charge in [0.15, 0.2) is 11.5 Å². The lowest BCUT2D eigenvalue weighted by Gasteiger charge is -2.18. The van der Waals surface area contributed by atoms with Crippen LogP contribution in [0.3, 0.4) is 0 Å². The number of nitrogens with one attached hydrogen (secondary N) is 2. The van der Waals surface area contributed by atoms with Crippen LogP contribution in [0.5, 0.6) is 11.5 Å². The van der Waals surface area contributed by atoms with Crippen molar-refractivity contribution < 1.29 is 23.5 Å². The Morgan fingerprint density at radius 1 is 1.04 bits per heavy atom. The smallest absolute Gasteiger partial charge is 0.293 e. The molecule has 0 aliphatic carbocycles. The Labute approximate surface area is 165 Å². The van der Waals surface area contributed by atoms with Crippen molar-refractivity contribution in [3.05, 3.63) is 48.2 Å². The Bertz CT molecular complexity index is 1060. The van der Waals surface area contributed by atoms with Crippen molar-refractivity contribution in [1.82, 2.24) is 0 Å². The number of carbonyl (C=O) groups is 2. The maximum absolute atomic E-state index is 12.9. The summed E-state index contributed by atoms with van der Waals surface area (Å²) in [5.74, 6) is 0.226. The summed E-state index contributed by atoms with van der Waals surface area (Å²) in [6.07, 6.45) is 0. The second-order valence-corrected chi connectivity index (χ2v) is 6.87. The second kappa shape index (κ2) is 7.44. The molecule has 2 amide bonds. The lowest BCUT2D eigenvalue weighted by atomic mass is 10.2. The molecule has 1 aromatic heterocycles. The Kier molecular flexibility index (Phi) is 4.83. The number of ether oxygens (including phenoxy) is 2. The van der Waals surface area contributed by atoms with E-state index < -0.39 is 17.2 Å². The van der Waals surface area contributed by atoms with Crippen LogP contribution in [0.25, 0.3) is 11.0 Å². The summed E-state index contributed by atoms with van der Waals surface area (Å²) >= 11 is 5.86. The highest BCUT2D eigenvalue weighted by atomic mass is 35.5. The molecule has 2 N–H and O–H groups in total. The fraction of sp³-hybridized carbons (Fsp3) is 0.200. The first-order chi connectivity index (χ1) is 13.5. The van der Waals surface area contributed by atoms with Gasteiger partial charge in [0.1, 0.15) is 29.9 Å². The number of amides is 2. The minimum Gasteiger partial charge on any atom is -0.486 e. The van der Waals surface area contributed by atoms with E-state index in [1.54, 1.807) is 49.4 Å². The summed E-state index contributed by atoms with van der Waals surface area (Å²) in [5.41, 5.74) is 1.27. The number of carbonyl (C=O) groups excluding carboxylic acids is 2. The van der Waals surface area contributed by atoms with Crippen LogP contribution < -0.4 is 20.1 Å². The topological polar surface area (TPSA) is 89.8 Å². The summed E-state index contributed by atoms with van der Waals surface area (Å²) in [4.78, 5) is 25.0. The van der Waals surface area contributed by atoms with Gasteiger partial charge in [0.2, 0.25) is 11.7 Å². The summed E-state index contributed by atoms with van der Waals surface area (Å²) in [6.45, 7) is 2.48. The number of fused-ring (bicyclic) bond motifs is 2. The number of hydrogen-bond donors (Lipinski definition) is 2. The number of para-hydroxylation sites is 1. The zero-order valence-electron chi connectivity index (χ0n) is 15.0. The standard InChI is InChI=1S/C20H17ClN2O5/c1-11(21)19(24)23-17-13-4-2-3-5-14(13)28-18(17)20(25)22-12-6-7-15-16(10-12)27-9-8-26-15/h2-7,10-11H,8-9H2,1H3,(H,22,25)(H,23,24)/t11-/m1/s1. The third kappa shape index (κ3) is 3.48. The molecule has 0 radical (unpaired) electrons. The Morgan fingerprint density at radius 3 is 2.57 bits per heavy atom. The SMILES string of the molecule is C[C@@H](Cl)C(=O)Nc1c(C(=O)Nc2ccc3c(c2)OCCO3)oc2ccccc12. The molecule has 1 aliphatic rings. The van der Waals surface area contributed by atoms with Gasteiger partial charge in [0, 0.05) is 17.1 Å². The van der Waals surface area contributed by atoms with Crippen LogP contribution in [0.4, 0.5) is 11.4 Å². The molecule has 28 heavy (non-hydrogen) atoms. The van der Waals surface area contributed by atoms with E-state index in [1.807, 2.05) is 0 Å². The van der Waals surface area contributed by atoms with E-state index in [4.69, 9.17) is 25.5 Å². The van der Waals surface area contributed by atoms with Crippen molar-refractivity contribution in [2.75, 3.05) is 23.8 Å². The summed E-state index contributed by atoms with van der Waals surface area (Å²) in [7, 11) is 0. The van der Waals surface area contributed by atoms with Crippen LogP contribution in [-0.2, 0) is 4.79 Å². The molecule has 0 spiro atoms. The molecule has 7 nitrogen and oxygen atoms in total. The maximum atomic E-state index is 12.9. The number of halogens is 1. The van der Waals surface area contributed by atoms with Crippen LogP contribution in [0.15, 0.2) is 46.9 Å². The maximum Gasteiger partial charge on any atom is 0.293 e. The first-order valence-corrected chi connectivity index (χ1v) is 9.14. The lowest BCUT2D eigenvalue weighted by Crippen LogP contribution is -2.22. The van der Waals surface area contributed by atoms with E-state index in [-0.39, 0.29) is 11.4 Å². The van der Waals surface area contributed by atoms with Gasteiger partial charge in [-0.25, -0.2) is 0 Å². The Balaban J connectivity index is 1.66. The zero-order valence-corrected chi connectivity index (χ0v) is 15.7. The lowest BCUT2D eigenvalue weighted by molar-refractivity contribution is -0.115. The number of furan rings is 1. The fourth-order valence-corrected chi connectivity index (χ4v) is 2.92. The molecule has 1 aliphatic heterocycles. The molecule has 8 heteroatoms. The molecule has 4 rings (SSSR count). The molecule has 0 bridgehead atoms. The second-order valence-electron chi connectivity index (χ2n) is 6.22. The van der Waals surface area contributed by atoms with Crippen LogP contribution in [0, 0.1) is 0 Å². The highest BCUT2D eigenvalue weighted by Gasteiger charge is 2.24. The van der Waals surface area contributed by atoms with Gasteiger partial charge in [-0.1, -0.05) is 12.1 Å². The van der Waals surface area contributed by atoms with Gasteiger partial charge in [0.25, 0.3) is 5.91 Å². The van der Waals surface area contributed by atoms with Crippen molar-refractivity contribution in [3.8, 4) is 11.5 Å². The molecule has 0 fully saturated rings. The molecule has 144 valence electrons. The van der Waals surface area contributed by atoms with Gasteiger partial charge >= 0.3 is 0 Å². The number of benzene rings is 2. The van der Waals surface area contributed by atoms with Gasteiger partial charge in [-0.3, -0.25) is 9.59 Å². The zero-order chi connectivity index (χ0) is 19.7. The van der Waals surface area contributed by atoms with E-state index in [2.05, 4.69) is 10.6 Å². The Hall–Kier alpha value is -3.19.